The fourth-order valence-corrected chi connectivity index (χ4v) is 5.30. The van der Waals surface area contributed by atoms with Gasteiger partial charge in [-0.2, -0.15) is 13.5 Å². The van der Waals surface area contributed by atoms with Crippen molar-refractivity contribution in [1.82, 2.24) is 9.96 Å². The van der Waals surface area contributed by atoms with E-state index < -0.39 is 67.6 Å². The Kier molecular flexibility index (Phi) is 9.29. The topological polar surface area (TPSA) is 168 Å². The van der Waals surface area contributed by atoms with Crippen molar-refractivity contribution < 1.29 is 46.8 Å². The van der Waals surface area contributed by atoms with E-state index in [0.29, 0.717) is 5.06 Å². The fraction of sp³-hybridized carbons (Fsp3) is 0.739. The van der Waals surface area contributed by atoms with Gasteiger partial charge in [0.15, 0.2) is 5.25 Å². The zero-order valence-electron chi connectivity index (χ0n) is 22.3. The average Bonchev–Trinajstić information content (AvgIpc) is 3.04. The number of ether oxygens (including phenoxy) is 1. The molecule has 1 atom stereocenters. The van der Waals surface area contributed by atoms with Crippen LogP contribution in [0.5, 0.6) is 0 Å². The molecule has 3 amide bonds. The number of carbonyl (C=O) groups is 4. The highest BCUT2D eigenvalue weighted by molar-refractivity contribution is 7.87. The number of aliphatic hydroxyl groups is 1. The monoisotopic (exact) mass is 534 g/mol. The van der Waals surface area contributed by atoms with E-state index in [1.807, 2.05) is 0 Å². The molecule has 0 radical (unpaired) electrons. The van der Waals surface area contributed by atoms with E-state index in [-0.39, 0.29) is 13.0 Å². The lowest BCUT2D eigenvalue weighted by Crippen LogP contribution is -2.61. The zero-order chi connectivity index (χ0) is 28.5. The lowest BCUT2D eigenvalue weighted by molar-refractivity contribution is -0.201. The lowest BCUT2D eigenvalue weighted by atomic mass is 9.58. The second kappa shape index (κ2) is 10.6. The Morgan fingerprint density at radius 3 is 1.92 bits per heavy atom. The van der Waals surface area contributed by atoms with Crippen molar-refractivity contribution in [3.8, 4) is 0 Å². The molecule has 0 bridgehead atoms. The first-order valence-corrected chi connectivity index (χ1v) is 12.8. The molecule has 0 aromatic carbocycles. The predicted molar refractivity (Wildman–Crippen MR) is 129 cm³/mol. The molecule has 0 saturated heterocycles. The molecule has 0 spiro atoms. The molecule has 12 nitrogen and oxygen atoms in total. The quantitative estimate of drug-likeness (QED) is 0.222. The van der Waals surface area contributed by atoms with Gasteiger partial charge in [0.1, 0.15) is 0 Å². The molecule has 2 N–H and O–H groups in total. The summed E-state index contributed by atoms with van der Waals surface area (Å²) in [6.45, 7) is 12.1. The van der Waals surface area contributed by atoms with Gasteiger partial charge in [0.2, 0.25) is 0 Å². The van der Waals surface area contributed by atoms with Crippen molar-refractivity contribution in [2.75, 3.05) is 20.3 Å². The Balaban J connectivity index is 3.28. The summed E-state index contributed by atoms with van der Waals surface area (Å²) in [5.41, 5.74) is -4.96. The van der Waals surface area contributed by atoms with Gasteiger partial charge in [0, 0.05) is 30.0 Å². The lowest BCUT2D eigenvalue weighted by Gasteiger charge is -2.53. The molecule has 0 saturated carbocycles. The van der Waals surface area contributed by atoms with Crippen molar-refractivity contribution in [3.63, 3.8) is 0 Å². The normalized spacial score (nSPS) is 16.4. The highest BCUT2D eigenvalue weighted by Gasteiger charge is 2.59. The summed E-state index contributed by atoms with van der Waals surface area (Å²) in [4.78, 5) is 55.1. The van der Waals surface area contributed by atoms with Gasteiger partial charge >= 0.3 is 5.97 Å². The predicted octanol–water partition coefficient (Wildman–Crippen LogP) is 1.09. The van der Waals surface area contributed by atoms with E-state index in [4.69, 9.17) is 14.7 Å². The minimum Gasteiger partial charge on any atom is -0.396 e. The van der Waals surface area contributed by atoms with Gasteiger partial charge < -0.3 is 14.7 Å². The molecule has 1 aliphatic heterocycles. The first kappa shape index (κ1) is 31.7. The van der Waals surface area contributed by atoms with Crippen molar-refractivity contribution >= 4 is 33.8 Å². The Labute approximate surface area is 212 Å². The number of hydrogen-bond acceptors (Lipinski definition) is 9. The van der Waals surface area contributed by atoms with Gasteiger partial charge in [-0.25, -0.2) is 4.79 Å². The van der Waals surface area contributed by atoms with Gasteiger partial charge in [0.05, 0.1) is 30.8 Å². The van der Waals surface area contributed by atoms with Crippen LogP contribution in [0.1, 0.15) is 61.8 Å². The van der Waals surface area contributed by atoms with Gasteiger partial charge in [0.25, 0.3) is 27.8 Å². The SMILES string of the molecule is CN(OC(=O)C(C(C)(C)C(C)(C)C(C)(C)OCC(C)(C)N1C(=O)C=CC1=O)S(=O)(=O)O)C(=O)CCO. The van der Waals surface area contributed by atoms with E-state index in [1.165, 1.54) is 13.8 Å². The molecule has 0 aliphatic carbocycles. The number of imide groups is 1. The Morgan fingerprint density at radius 1 is 1.03 bits per heavy atom. The second-order valence-electron chi connectivity index (χ2n) is 11.0. The molecule has 1 rings (SSSR count). The summed E-state index contributed by atoms with van der Waals surface area (Å²) < 4.78 is 41.0. The second-order valence-corrected chi connectivity index (χ2v) is 12.5. The van der Waals surface area contributed by atoms with Gasteiger partial charge in [-0.3, -0.25) is 23.8 Å². The molecule has 1 heterocycles. The number of carbonyl (C=O) groups excluding carboxylic acids is 4. The van der Waals surface area contributed by atoms with E-state index in [2.05, 4.69) is 0 Å². The van der Waals surface area contributed by atoms with E-state index in [0.717, 1.165) is 24.1 Å². The van der Waals surface area contributed by atoms with Crippen LogP contribution in [0.4, 0.5) is 0 Å². The van der Waals surface area contributed by atoms with Gasteiger partial charge in [-0.1, -0.05) is 27.7 Å². The Bertz CT molecular complexity index is 1010. The summed E-state index contributed by atoms with van der Waals surface area (Å²) in [6, 6.07) is 0. The third-order valence-electron chi connectivity index (χ3n) is 7.39. The van der Waals surface area contributed by atoms with E-state index >= 15 is 0 Å². The van der Waals surface area contributed by atoms with Crippen LogP contribution in [0.3, 0.4) is 0 Å². The summed E-state index contributed by atoms with van der Waals surface area (Å²) in [5.74, 6) is -3.14. The molecule has 206 valence electrons. The van der Waals surface area contributed by atoms with Crippen molar-refractivity contribution in [2.24, 2.45) is 10.8 Å². The fourth-order valence-electron chi connectivity index (χ4n) is 3.98. The summed E-state index contributed by atoms with van der Waals surface area (Å²) in [5, 5.41) is 7.29. The van der Waals surface area contributed by atoms with Gasteiger partial charge in [-0.05, 0) is 27.7 Å². The standard InChI is InChI=1S/C23H38N2O10S/c1-20(2,25-16(28)10-11-17(25)29)14-34-23(7,8)22(5,6)21(3,4)18(36(31,32)33)19(30)35-24(9)15(27)12-13-26/h10-11,18,26H,12-14H2,1-9H3,(H,31,32,33). The zero-order valence-corrected chi connectivity index (χ0v) is 23.1. The molecular formula is C23H38N2O10S. The maximum atomic E-state index is 12.9. The van der Waals surface area contributed by atoms with Gasteiger partial charge in [-0.15, -0.1) is 0 Å². The molecule has 1 aliphatic rings. The van der Waals surface area contributed by atoms with Crippen LogP contribution >= 0.6 is 0 Å². The first-order chi connectivity index (χ1) is 16.0. The van der Waals surface area contributed by atoms with Crippen molar-refractivity contribution in [3.05, 3.63) is 12.2 Å². The maximum absolute atomic E-state index is 12.9. The van der Waals surface area contributed by atoms with Crippen LogP contribution in [0.15, 0.2) is 12.2 Å². The minimum atomic E-state index is -5.04. The molecule has 1 unspecified atom stereocenters. The van der Waals surface area contributed by atoms with Crippen LogP contribution in [-0.4, -0.2) is 88.4 Å². The van der Waals surface area contributed by atoms with Crippen LogP contribution in [0.25, 0.3) is 0 Å². The largest absolute Gasteiger partial charge is 0.396 e. The van der Waals surface area contributed by atoms with Crippen LogP contribution in [0, 0.1) is 10.8 Å². The number of aliphatic hydroxyl groups excluding tert-OH is 1. The summed E-state index contributed by atoms with van der Waals surface area (Å²) in [6.07, 6.45) is 1.96. The third-order valence-corrected chi connectivity index (χ3v) is 8.77. The molecule has 0 aromatic heterocycles. The molecule has 13 heteroatoms. The number of amides is 3. The van der Waals surface area contributed by atoms with E-state index in [9.17, 15) is 32.1 Å². The van der Waals surface area contributed by atoms with Crippen LogP contribution in [0.2, 0.25) is 0 Å². The Morgan fingerprint density at radius 2 is 1.50 bits per heavy atom. The molecular weight excluding hydrogens is 496 g/mol. The molecule has 0 aromatic rings. The first-order valence-electron chi connectivity index (χ1n) is 11.3. The molecule has 0 fully saturated rings. The summed E-state index contributed by atoms with van der Waals surface area (Å²) >= 11 is 0. The van der Waals surface area contributed by atoms with Crippen molar-refractivity contribution in [1.29, 1.82) is 0 Å². The maximum Gasteiger partial charge on any atom is 0.353 e. The van der Waals surface area contributed by atoms with E-state index in [1.54, 1.807) is 41.5 Å². The van der Waals surface area contributed by atoms with Crippen LogP contribution in [-0.2, 0) is 38.9 Å². The average molecular weight is 535 g/mol. The third kappa shape index (κ3) is 6.31. The molecule has 36 heavy (non-hydrogen) atoms. The number of rotatable bonds is 11. The summed E-state index contributed by atoms with van der Waals surface area (Å²) in [7, 11) is -3.96. The Hall–Kier alpha value is -2.35. The van der Waals surface area contributed by atoms with Crippen molar-refractivity contribution in [2.45, 2.75) is 78.2 Å². The number of hydroxylamine groups is 2. The minimum absolute atomic E-state index is 0.113. The van der Waals surface area contributed by atoms with Crippen LogP contribution < -0.4 is 0 Å². The number of nitrogens with zero attached hydrogens (tertiary/aromatic N) is 2. The highest BCUT2D eigenvalue weighted by Crippen LogP contribution is 2.52. The number of hydrogen-bond donors (Lipinski definition) is 2. The smallest absolute Gasteiger partial charge is 0.353 e. The highest BCUT2D eigenvalue weighted by atomic mass is 32.2.